The molecule has 0 aliphatic heterocycles. The average Bonchev–Trinajstić information content (AvgIpc) is 3.56. The van der Waals surface area contributed by atoms with E-state index in [0.29, 0.717) is 18.5 Å². The minimum absolute atomic E-state index is 0.0799. The van der Waals surface area contributed by atoms with Crippen LogP contribution in [0.25, 0.3) is 17.1 Å². The number of ether oxygens (including phenoxy) is 2. The Kier molecular flexibility index (Phi) is 13.0. The van der Waals surface area contributed by atoms with Gasteiger partial charge in [0.2, 0.25) is 11.8 Å². The van der Waals surface area contributed by atoms with Gasteiger partial charge in [-0.15, -0.1) is 5.10 Å². The van der Waals surface area contributed by atoms with E-state index in [2.05, 4.69) is 30.1 Å². The molecule has 0 aliphatic rings. The van der Waals surface area contributed by atoms with Gasteiger partial charge in [-0.3, -0.25) is 9.52 Å². The van der Waals surface area contributed by atoms with E-state index in [1.54, 1.807) is 12.1 Å². The molecule has 0 spiro atoms. The number of hydrogen-bond acceptors (Lipinski definition) is 10. The van der Waals surface area contributed by atoms with E-state index < -0.39 is 44.6 Å². The van der Waals surface area contributed by atoms with Crippen LogP contribution in [0.1, 0.15) is 58.9 Å². The summed E-state index contributed by atoms with van der Waals surface area (Å²) < 4.78 is 93.9. The van der Waals surface area contributed by atoms with Gasteiger partial charge in [-0.25, -0.2) is 19.6 Å². The number of alkyl halides is 3. The number of anilines is 1. The number of nitrogens with one attached hydrogen (secondary N) is 2. The number of carbonyl (C=O) groups is 1. The smallest absolute Gasteiger partial charge is 0.397 e. The van der Waals surface area contributed by atoms with E-state index in [9.17, 15) is 30.8 Å². The number of unbranched alkanes of at least 4 members (excludes halogenated alkanes) is 3. The average molecular weight is 750 g/mol. The van der Waals surface area contributed by atoms with Crippen LogP contribution in [0, 0.1) is 16.8 Å². The normalized spacial score (nSPS) is 12.5. The lowest BCUT2D eigenvalue weighted by Gasteiger charge is -2.26. The van der Waals surface area contributed by atoms with E-state index in [1.807, 2.05) is 26.0 Å². The lowest BCUT2D eigenvalue weighted by atomic mass is 9.94. The van der Waals surface area contributed by atoms with Crippen LogP contribution in [0.5, 0.6) is 5.88 Å². The Morgan fingerprint density at radius 1 is 0.942 bits per heavy atom. The number of aryl methyl sites for hydroxylation is 1. The molecular weight excluding hydrogens is 706 g/mol. The molecular formula is C35H43F4N7O5S. The van der Waals surface area contributed by atoms with Crippen LogP contribution < -0.4 is 14.8 Å². The third-order valence-corrected chi connectivity index (χ3v) is 9.47. The standard InChI is InChI=1S/C35H43F4N7O5S/c1-33(2,32(47)50-5)22-40-19-11-7-6-8-13-24-14-9-10-15-25(24)30-31(46-20-18-28(44-46)51-23-34(3,4)35(37,38)39)41-21-27(43-30)45-52(48,49)29-17-12-16-26(36)42-29/h9-10,12,14-18,20-21,40H,6-8,11,13,19,22-23H2,1-5H3,(H,43,45). The van der Waals surface area contributed by atoms with E-state index in [4.69, 9.17) is 9.47 Å². The molecule has 0 aliphatic carbocycles. The molecule has 0 saturated carbocycles. The van der Waals surface area contributed by atoms with Crippen molar-refractivity contribution in [1.29, 1.82) is 0 Å². The molecule has 52 heavy (non-hydrogen) atoms. The Hall–Kier alpha value is -4.64. The van der Waals surface area contributed by atoms with Crippen molar-refractivity contribution < 1.29 is 40.2 Å². The van der Waals surface area contributed by atoms with E-state index in [1.165, 1.54) is 30.1 Å². The maximum absolute atomic E-state index is 13.7. The number of carbonyl (C=O) groups excluding carboxylic acids is 1. The number of methoxy groups -OCH3 is 1. The predicted octanol–water partition coefficient (Wildman–Crippen LogP) is 6.52. The summed E-state index contributed by atoms with van der Waals surface area (Å²) in [5.41, 5.74) is -1.02. The predicted molar refractivity (Wildman–Crippen MR) is 186 cm³/mol. The number of halogens is 4. The topological polar surface area (TPSA) is 150 Å². The Morgan fingerprint density at radius 2 is 1.67 bits per heavy atom. The van der Waals surface area contributed by atoms with Crippen LogP contribution in [0.4, 0.5) is 23.4 Å². The molecule has 4 aromatic rings. The number of aromatic nitrogens is 5. The van der Waals surface area contributed by atoms with E-state index >= 15 is 0 Å². The van der Waals surface area contributed by atoms with Crippen LogP contribution in [-0.4, -0.2) is 72.1 Å². The second kappa shape index (κ2) is 16.8. The summed E-state index contributed by atoms with van der Waals surface area (Å²) >= 11 is 0. The van der Waals surface area contributed by atoms with Crippen LogP contribution in [0.15, 0.2) is 66.0 Å². The highest BCUT2D eigenvalue weighted by atomic mass is 32.2. The molecule has 0 atom stereocenters. The largest absolute Gasteiger partial charge is 0.476 e. The highest BCUT2D eigenvalue weighted by Gasteiger charge is 2.48. The maximum Gasteiger partial charge on any atom is 0.397 e. The molecule has 0 amide bonds. The van der Waals surface area contributed by atoms with Crippen molar-refractivity contribution in [2.24, 2.45) is 10.8 Å². The summed E-state index contributed by atoms with van der Waals surface area (Å²) in [4.78, 5) is 24.4. The number of benzene rings is 1. The van der Waals surface area contributed by atoms with Gasteiger partial charge in [0.15, 0.2) is 16.7 Å². The summed E-state index contributed by atoms with van der Waals surface area (Å²) in [6.07, 6.45) is 2.31. The zero-order chi connectivity index (χ0) is 38.2. The van der Waals surface area contributed by atoms with E-state index in [-0.39, 0.29) is 29.2 Å². The molecule has 0 saturated heterocycles. The molecule has 12 nitrogen and oxygen atoms in total. The molecule has 17 heteroatoms. The van der Waals surface area contributed by atoms with Crippen LogP contribution in [-0.2, 0) is 26.0 Å². The lowest BCUT2D eigenvalue weighted by molar-refractivity contribution is -0.219. The quantitative estimate of drug-likeness (QED) is 0.0498. The van der Waals surface area contributed by atoms with Gasteiger partial charge in [0, 0.05) is 24.4 Å². The molecule has 0 fully saturated rings. The fourth-order valence-electron chi connectivity index (χ4n) is 4.99. The first-order chi connectivity index (χ1) is 24.4. The molecule has 2 N–H and O–H groups in total. The van der Waals surface area contributed by atoms with Gasteiger partial charge in [-0.05, 0) is 71.2 Å². The Morgan fingerprint density at radius 3 is 2.38 bits per heavy atom. The fraction of sp³-hybridized carbons (Fsp3) is 0.457. The van der Waals surface area contributed by atoms with Crippen LogP contribution >= 0.6 is 0 Å². The summed E-state index contributed by atoms with van der Waals surface area (Å²) in [6.45, 7) is 6.26. The van der Waals surface area contributed by atoms with Gasteiger partial charge < -0.3 is 14.8 Å². The second-order valence-electron chi connectivity index (χ2n) is 13.5. The zero-order valence-electron chi connectivity index (χ0n) is 29.6. The third kappa shape index (κ3) is 10.5. The Balaban J connectivity index is 1.55. The minimum atomic E-state index is -4.50. The van der Waals surface area contributed by atoms with Gasteiger partial charge in [-0.2, -0.15) is 26.0 Å². The van der Waals surface area contributed by atoms with Crippen molar-refractivity contribution in [2.45, 2.75) is 71.0 Å². The summed E-state index contributed by atoms with van der Waals surface area (Å²) in [5.74, 6) is -1.36. The lowest BCUT2D eigenvalue weighted by Crippen LogP contribution is -2.37. The fourth-order valence-corrected chi connectivity index (χ4v) is 5.93. The highest BCUT2D eigenvalue weighted by molar-refractivity contribution is 7.92. The van der Waals surface area contributed by atoms with Gasteiger partial charge >= 0.3 is 12.1 Å². The second-order valence-corrected chi connectivity index (χ2v) is 15.1. The molecule has 3 heterocycles. The molecule has 0 bridgehead atoms. The van der Waals surface area contributed by atoms with Gasteiger partial charge in [0.25, 0.3) is 10.0 Å². The number of rotatable bonds is 18. The Bertz CT molecular complexity index is 1930. The maximum atomic E-state index is 13.7. The number of nitrogens with zero attached hydrogens (tertiary/aromatic N) is 5. The first-order valence-corrected chi connectivity index (χ1v) is 18.1. The van der Waals surface area contributed by atoms with Crippen molar-refractivity contribution >= 4 is 21.8 Å². The SMILES string of the molecule is COC(=O)C(C)(C)CNCCCCCCc1ccccc1-c1nc(NS(=O)(=O)c2cccc(F)n2)cnc1-n1ccc(OCC(C)(C)C(F)(F)F)n1. The van der Waals surface area contributed by atoms with Gasteiger partial charge in [0.1, 0.15) is 12.3 Å². The number of hydrogen-bond donors (Lipinski definition) is 2. The number of esters is 1. The summed E-state index contributed by atoms with van der Waals surface area (Å²) in [5, 5.41) is 7.03. The van der Waals surface area contributed by atoms with Crippen LogP contribution in [0.2, 0.25) is 0 Å². The monoisotopic (exact) mass is 749 g/mol. The molecule has 282 valence electrons. The van der Waals surface area contributed by atoms with Crippen molar-refractivity contribution in [2.75, 3.05) is 31.5 Å². The highest BCUT2D eigenvalue weighted by Crippen LogP contribution is 2.38. The van der Waals surface area contributed by atoms with Gasteiger partial charge in [0.05, 0.1) is 24.1 Å². The minimum Gasteiger partial charge on any atom is -0.476 e. The van der Waals surface area contributed by atoms with Crippen molar-refractivity contribution in [3.05, 3.63) is 72.4 Å². The molecule has 0 unspecified atom stereocenters. The Labute approximate surface area is 300 Å². The first-order valence-electron chi connectivity index (χ1n) is 16.6. The zero-order valence-corrected chi connectivity index (χ0v) is 30.4. The summed E-state index contributed by atoms with van der Waals surface area (Å²) in [6, 6.07) is 12.1. The summed E-state index contributed by atoms with van der Waals surface area (Å²) in [7, 11) is -2.99. The molecule has 0 radical (unpaired) electrons. The number of sulfonamides is 1. The van der Waals surface area contributed by atoms with Crippen molar-refractivity contribution in [1.82, 2.24) is 30.0 Å². The molecule has 1 aromatic carbocycles. The number of pyridine rings is 1. The van der Waals surface area contributed by atoms with Crippen molar-refractivity contribution in [3.63, 3.8) is 0 Å². The van der Waals surface area contributed by atoms with Crippen LogP contribution in [0.3, 0.4) is 0 Å². The molecule has 3 aromatic heterocycles. The van der Waals surface area contributed by atoms with E-state index in [0.717, 1.165) is 70.0 Å². The first kappa shape index (κ1) is 40.1. The van der Waals surface area contributed by atoms with Gasteiger partial charge in [-0.1, -0.05) is 43.2 Å². The molecule has 4 rings (SSSR count). The third-order valence-electron chi connectivity index (χ3n) is 8.21. The van der Waals surface area contributed by atoms with Crippen molar-refractivity contribution in [3.8, 4) is 23.0 Å².